The molecule has 1 heterocycles. The number of hydrogen-bond acceptors (Lipinski definition) is 0. The highest BCUT2D eigenvalue weighted by molar-refractivity contribution is 5.83. The number of aromatic amines is 1. The maximum Gasteiger partial charge on any atom is 0.0459 e. The minimum absolute atomic E-state index is 1.11. The van der Waals surface area contributed by atoms with Gasteiger partial charge >= 0.3 is 0 Å². The average Bonchev–Trinajstić information content (AvgIpc) is 2.50. The van der Waals surface area contributed by atoms with Crippen molar-refractivity contribution in [2.45, 2.75) is 20.3 Å². The lowest BCUT2D eigenvalue weighted by Crippen LogP contribution is -1.83. The molecule has 0 aliphatic rings. The SMILES string of the molecule is CCc1cc(C)cc2[nH]ccc12. The van der Waals surface area contributed by atoms with E-state index in [9.17, 15) is 0 Å². The number of benzene rings is 1. The molecule has 0 aliphatic heterocycles. The fourth-order valence-corrected chi connectivity index (χ4v) is 1.70. The highest BCUT2D eigenvalue weighted by atomic mass is 14.7. The lowest BCUT2D eigenvalue weighted by Gasteiger charge is -2.01. The number of fused-ring (bicyclic) bond motifs is 1. The monoisotopic (exact) mass is 159 g/mol. The lowest BCUT2D eigenvalue weighted by molar-refractivity contribution is 1.15. The Morgan fingerprint density at radius 2 is 2.17 bits per heavy atom. The van der Waals surface area contributed by atoms with E-state index >= 15 is 0 Å². The van der Waals surface area contributed by atoms with Crippen molar-refractivity contribution in [3.8, 4) is 0 Å². The predicted molar refractivity (Wildman–Crippen MR) is 52.4 cm³/mol. The van der Waals surface area contributed by atoms with Crippen LogP contribution in [-0.4, -0.2) is 4.98 Å². The molecule has 0 atom stereocenters. The van der Waals surface area contributed by atoms with Crippen LogP contribution in [0.4, 0.5) is 0 Å². The van der Waals surface area contributed by atoms with Gasteiger partial charge in [-0.1, -0.05) is 13.0 Å². The van der Waals surface area contributed by atoms with Gasteiger partial charge in [-0.05, 0) is 36.6 Å². The largest absolute Gasteiger partial charge is 0.361 e. The molecule has 1 aromatic carbocycles. The summed E-state index contributed by atoms with van der Waals surface area (Å²) in [7, 11) is 0. The second kappa shape index (κ2) is 2.67. The maximum absolute atomic E-state index is 3.24. The van der Waals surface area contributed by atoms with Crippen LogP contribution in [0.5, 0.6) is 0 Å². The van der Waals surface area contributed by atoms with Crippen LogP contribution in [0.1, 0.15) is 18.1 Å². The van der Waals surface area contributed by atoms with Crippen LogP contribution in [0.2, 0.25) is 0 Å². The first-order valence-electron chi connectivity index (χ1n) is 4.38. The van der Waals surface area contributed by atoms with E-state index in [0.717, 1.165) is 6.42 Å². The third-order valence-corrected chi connectivity index (χ3v) is 2.28. The van der Waals surface area contributed by atoms with Gasteiger partial charge in [-0.2, -0.15) is 0 Å². The zero-order chi connectivity index (χ0) is 8.55. The number of H-pyrrole nitrogens is 1. The Labute approximate surface area is 72.4 Å². The molecule has 1 heteroatoms. The Morgan fingerprint density at radius 1 is 1.33 bits per heavy atom. The molecule has 1 aromatic heterocycles. The van der Waals surface area contributed by atoms with Gasteiger partial charge < -0.3 is 4.98 Å². The summed E-state index contributed by atoms with van der Waals surface area (Å²) in [5, 5.41) is 1.36. The fraction of sp³-hybridized carbons (Fsp3) is 0.273. The molecule has 2 aromatic rings. The van der Waals surface area contributed by atoms with E-state index in [-0.39, 0.29) is 0 Å². The van der Waals surface area contributed by atoms with Crippen LogP contribution in [0, 0.1) is 6.92 Å². The third kappa shape index (κ3) is 1.02. The molecule has 0 bridgehead atoms. The summed E-state index contributed by atoms with van der Waals surface area (Å²) in [5.41, 5.74) is 4.03. The molecule has 0 spiro atoms. The lowest BCUT2D eigenvalue weighted by atomic mass is 10.1. The summed E-state index contributed by atoms with van der Waals surface area (Å²) in [6, 6.07) is 6.60. The Balaban J connectivity index is 2.80. The number of rotatable bonds is 1. The first-order valence-corrected chi connectivity index (χ1v) is 4.38. The van der Waals surface area contributed by atoms with E-state index in [4.69, 9.17) is 0 Å². The molecule has 0 amide bonds. The van der Waals surface area contributed by atoms with Gasteiger partial charge in [-0.3, -0.25) is 0 Å². The molecule has 0 fully saturated rings. The summed E-state index contributed by atoms with van der Waals surface area (Å²) in [6.45, 7) is 4.33. The summed E-state index contributed by atoms with van der Waals surface area (Å²) < 4.78 is 0. The molecule has 0 saturated carbocycles. The van der Waals surface area contributed by atoms with Gasteiger partial charge in [-0.25, -0.2) is 0 Å². The highest BCUT2D eigenvalue weighted by Crippen LogP contribution is 2.19. The maximum atomic E-state index is 3.24. The molecule has 12 heavy (non-hydrogen) atoms. The first-order chi connectivity index (χ1) is 5.81. The van der Waals surface area contributed by atoms with Crippen molar-refractivity contribution < 1.29 is 0 Å². The van der Waals surface area contributed by atoms with Crippen LogP contribution in [0.25, 0.3) is 10.9 Å². The molecule has 2 rings (SSSR count). The van der Waals surface area contributed by atoms with Crippen molar-refractivity contribution in [2.75, 3.05) is 0 Å². The quantitative estimate of drug-likeness (QED) is 0.658. The molecular weight excluding hydrogens is 146 g/mol. The topological polar surface area (TPSA) is 15.8 Å². The highest BCUT2D eigenvalue weighted by Gasteiger charge is 2.00. The van der Waals surface area contributed by atoms with E-state index < -0.39 is 0 Å². The Hall–Kier alpha value is -1.24. The number of nitrogens with one attached hydrogen (secondary N) is 1. The second-order valence-electron chi connectivity index (χ2n) is 3.22. The van der Waals surface area contributed by atoms with Crippen molar-refractivity contribution in [1.82, 2.24) is 4.98 Å². The molecule has 0 saturated heterocycles. The van der Waals surface area contributed by atoms with Crippen LogP contribution < -0.4 is 0 Å². The number of hydrogen-bond donors (Lipinski definition) is 1. The van der Waals surface area contributed by atoms with Crippen molar-refractivity contribution in [3.63, 3.8) is 0 Å². The predicted octanol–water partition coefficient (Wildman–Crippen LogP) is 3.04. The van der Waals surface area contributed by atoms with E-state index in [1.807, 2.05) is 6.20 Å². The molecule has 0 aliphatic carbocycles. The molecular formula is C11H13N. The minimum Gasteiger partial charge on any atom is -0.361 e. The van der Waals surface area contributed by atoms with Gasteiger partial charge in [0.25, 0.3) is 0 Å². The molecule has 1 nitrogen and oxygen atoms in total. The molecule has 0 radical (unpaired) electrons. The van der Waals surface area contributed by atoms with Crippen molar-refractivity contribution in [2.24, 2.45) is 0 Å². The van der Waals surface area contributed by atoms with Crippen LogP contribution in [0.15, 0.2) is 24.4 Å². The van der Waals surface area contributed by atoms with Crippen LogP contribution in [0.3, 0.4) is 0 Å². The molecule has 1 N–H and O–H groups in total. The number of aromatic nitrogens is 1. The smallest absolute Gasteiger partial charge is 0.0459 e. The van der Waals surface area contributed by atoms with Crippen molar-refractivity contribution in [3.05, 3.63) is 35.5 Å². The van der Waals surface area contributed by atoms with Crippen molar-refractivity contribution in [1.29, 1.82) is 0 Å². The van der Waals surface area contributed by atoms with E-state index in [2.05, 4.69) is 37.0 Å². The minimum atomic E-state index is 1.11. The van der Waals surface area contributed by atoms with Crippen LogP contribution >= 0.6 is 0 Å². The molecule has 0 unspecified atom stereocenters. The van der Waals surface area contributed by atoms with E-state index in [1.54, 1.807) is 0 Å². The number of aryl methyl sites for hydroxylation is 2. The zero-order valence-corrected chi connectivity index (χ0v) is 7.52. The summed E-state index contributed by atoms with van der Waals surface area (Å²) in [6.07, 6.45) is 3.11. The summed E-state index contributed by atoms with van der Waals surface area (Å²) in [4.78, 5) is 3.24. The summed E-state index contributed by atoms with van der Waals surface area (Å²) >= 11 is 0. The van der Waals surface area contributed by atoms with E-state index in [1.165, 1.54) is 22.0 Å². The van der Waals surface area contributed by atoms with Crippen molar-refractivity contribution >= 4 is 10.9 Å². The fourth-order valence-electron chi connectivity index (χ4n) is 1.70. The van der Waals surface area contributed by atoms with Gasteiger partial charge in [0, 0.05) is 17.1 Å². The Bertz CT molecular complexity index is 398. The Morgan fingerprint density at radius 3 is 2.92 bits per heavy atom. The zero-order valence-electron chi connectivity index (χ0n) is 7.52. The first kappa shape index (κ1) is 7.41. The standard InChI is InChI=1S/C11H13N/c1-3-9-6-8(2)7-11-10(9)4-5-12-11/h4-7,12H,3H2,1-2H3. The van der Waals surface area contributed by atoms with Gasteiger partial charge in [0.15, 0.2) is 0 Å². The van der Waals surface area contributed by atoms with Gasteiger partial charge in [0.05, 0.1) is 0 Å². The second-order valence-corrected chi connectivity index (χ2v) is 3.22. The summed E-state index contributed by atoms with van der Waals surface area (Å²) in [5.74, 6) is 0. The average molecular weight is 159 g/mol. The molecule has 62 valence electrons. The van der Waals surface area contributed by atoms with Gasteiger partial charge in [-0.15, -0.1) is 0 Å². The van der Waals surface area contributed by atoms with E-state index in [0.29, 0.717) is 0 Å². The van der Waals surface area contributed by atoms with Gasteiger partial charge in [0.1, 0.15) is 0 Å². The third-order valence-electron chi connectivity index (χ3n) is 2.28. The van der Waals surface area contributed by atoms with Crippen LogP contribution in [-0.2, 0) is 6.42 Å². The normalized spacial score (nSPS) is 10.8. The Kier molecular flexibility index (Phi) is 1.65. The van der Waals surface area contributed by atoms with Gasteiger partial charge in [0.2, 0.25) is 0 Å².